The minimum absolute atomic E-state index is 0.438. The minimum Gasteiger partial charge on any atom is -0.480 e. The van der Waals surface area contributed by atoms with Crippen molar-refractivity contribution >= 4 is 5.97 Å². The van der Waals surface area contributed by atoms with E-state index in [1.165, 1.54) is 6.92 Å². The number of hydrogen-bond acceptors (Lipinski definition) is 5. The molecule has 1 aromatic carbocycles. The second-order valence-corrected chi connectivity index (χ2v) is 5.25. The zero-order valence-electron chi connectivity index (χ0n) is 13.8. The Morgan fingerprint density at radius 2 is 1.96 bits per heavy atom. The van der Waals surface area contributed by atoms with Crippen LogP contribution >= 0.6 is 0 Å². The molecule has 0 radical (unpaired) electrons. The van der Waals surface area contributed by atoms with Crippen LogP contribution in [0.5, 0.6) is 11.6 Å². The summed E-state index contributed by atoms with van der Waals surface area (Å²) in [6, 6.07) is 10.8. The first-order valence-electron chi connectivity index (χ1n) is 7.63. The molecule has 2 heterocycles. The number of carboxylic acids is 1. The monoisotopic (exact) mass is 339 g/mol. The summed E-state index contributed by atoms with van der Waals surface area (Å²) in [5.74, 6) is 0.457. The Hall–Kier alpha value is -3.35. The topological polar surface area (TPSA) is 86.5 Å². The van der Waals surface area contributed by atoms with Crippen molar-refractivity contribution in [3.05, 3.63) is 55.0 Å². The number of methoxy groups -OCH3 is 1. The second kappa shape index (κ2) is 7.04. The number of hydrogen-bond donors (Lipinski definition) is 1. The summed E-state index contributed by atoms with van der Waals surface area (Å²) in [5, 5.41) is 9.10. The summed E-state index contributed by atoms with van der Waals surface area (Å²) in [7, 11) is 1.55. The van der Waals surface area contributed by atoms with Crippen LogP contribution in [0.15, 0.2) is 55.0 Å². The number of aliphatic carboxylic acids is 1. The van der Waals surface area contributed by atoms with Crippen LogP contribution in [-0.4, -0.2) is 38.8 Å². The quantitative estimate of drug-likeness (QED) is 0.743. The number of para-hydroxylation sites is 1. The molecule has 0 saturated heterocycles. The van der Waals surface area contributed by atoms with Crippen molar-refractivity contribution in [1.82, 2.24) is 14.5 Å². The first kappa shape index (κ1) is 16.5. The Balaban J connectivity index is 2.08. The van der Waals surface area contributed by atoms with Gasteiger partial charge in [0.15, 0.2) is 6.10 Å². The fourth-order valence-corrected chi connectivity index (χ4v) is 2.42. The largest absolute Gasteiger partial charge is 0.480 e. The standard InChI is InChI=1S/C18H17N3O4/c1-12(18(22)23)25-15-8-4-3-6-13(15)16-19-10-11-21(16)14-7-5-9-20-17(14)24-2/h3-12H,1-2H3,(H,22,23)/t12-/m0/s1. The summed E-state index contributed by atoms with van der Waals surface area (Å²) in [6.45, 7) is 1.48. The van der Waals surface area contributed by atoms with Crippen LogP contribution in [0.4, 0.5) is 0 Å². The minimum atomic E-state index is -1.04. The number of rotatable bonds is 6. The van der Waals surface area contributed by atoms with Gasteiger partial charge in [-0.2, -0.15) is 0 Å². The highest BCUT2D eigenvalue weighted by Crippen LogP contribution is 2.32. The number of ether oxygens (including phenoxy) is 2. The van der Waals surface area contributed by atoms with Crippen molar-refractivity contribution in [1.29, 1.82) is 0 Å². The summed E-state index contributed by atoms with van der Waals surface area (Å²) < 4.78 is 12.7. The summed E-state index contributed by atoms with van der Waals surface area (Å²) in [6.07, 6.45) is 4.10. The average Bonchev–Trinajstić information content (AvgIpc) is 3.11. The van der Waals surface area contributed by atoms with Crippen LogP contribution in [0.25, 0.3) is 17.1 Å². The molecule has 1 atom stereocenters. The van der Waals surface area contributed by atoms with Crippen LogP contribution < -0.4 is 9.47 Å². The molecular weight excluding hydrogens is 322 g/mol. The molecule has 0 unspecified atom stereocenters. The van der Waals surface area contributed by atoms with E-state index in [0.29, 0.717) is 23.0 Å². The number of aromatic nitrogens is 3. The molecule has 0 bridgehead atoms. The molecule has 7 heteroatoms. The smallest absolute Gasteiger partial charge is 0.344 e. The molecule has 0 aliphatic rings. The van der Waals surface area contributed by atoms with Crippen LogP contribution in [0.3, 0.4) is 0 Å². The highest BCUT2D eigenvalue weighted by molar-refractivity contribution is 5.73. The molecule has 0 spiro atoms. The second-order valence-electron chi connectivity index (χ2n) is 5.25. The number of imidazole rings is 1. The van der Waals surface area contributed by atoms with Crippen LogP contribution in [0.1, 0.15) is 6.92 Å². The lowest BCUT2D eigenvalue weighted by atomic mass is 10.2. The fourth-order valence-electron chi connectivity index (χ4n) is 2.42. The van der Waals surface area contributed by atoms with Gasteiger partial charge in [-0.1, -0.05) is 12.1 Å². The molecule has 0 aliphatic carbocycles. The predicted molar refractivity (Wildman–Crippen MR) is 91.1 cm³/mol. The number of carbonyl (C=O) groups is 1. The fraction of sp³-hybridized carbons (Fsp3) is 0.167. The Labute approximate surface area is 144 Å². The Morgan fingerprint density at radius 1 is 1.16 bits per heavy atom. The van der Waals surface area contributed by atoms with Gasteiger partial charge in [-0.25, -0.2) is 14.8 Å². The van der Waals surface area contributed by atoms with Gasteiger partial charge in [-0.15, -0.1) is 0 Å². The Bertz CT molecular complexity index is 891. The summed E-state index contributed by atoms with van der Waals surface area (Å²) in [5.41, 5.74) is 1.39. The Morgan fingerprint density at radius 3 is 2.72 bits per heavy atom. The third kappa shape index (κ3) is 3.30. The van der Waals surface area contributed by atoms with Crippen molar-refractivity contribution < 1.29 is 19.4 Å². The van der Waals surface area contributed by atoms with Gasteiger partial charge in [0.05, 0.1) is 12.7 Å². The van der Waals surface area contributed by atoms with Gasteiger partial charge in [-0.3, -0.25) is 4.57 Å². The molecule has 25 heavy (non-hydrogen) atoms. The van der Waals surface area contributed by atoms with Gasteiger partial charge in [-0.05, 0) is 31.2 Å². The molecule has 7 nitrogen and oxygen atoms in total. The average molecular weight is 339 g/mol. The molecule has 3 rings (SSSR count). The van der Waals surface area contributed by atoms with Gasteiger partial charge in [0.1, 0.15) is 17.3 Å². The van der Waals surface area contributed by atoms with E-state index in [1.807, 2.05) is 22.8 Å². The third-order valence-electron chi connectivity index (χ3n) is 3.62. The lowest BCUT2D eigenvalue weighted by Gasteiger charge is -2.16. The highest BCUT2D eigenvalue weighted by Gasteiger charge is 2.19. The first-order valence-corrected chi connectivity index (χ1v) is 7.63. The van der Waals surface area contributed by atoms with Crippen LogP contribution in [0.2, 0.25) is 0 Å². The first-order chi connectivity index (χ1) is 12.1. The van der Waals surface area contributed by atoms with E-state index < -0.39 is 12.1 Å². The van der Waals surface area contributed by atoms with Gasteiger partial charge < -0.3 is 14.6 Å². The van der Waals surface area contributed by atoms with E-state index in [4.69, 9.17) is 14.6 Å². The van der Waals surface area contributed by atoms with Crippen LogP contribution in [-0.2, 0) is 4.79 Å². The number of nitrogens with zero attached hydrogens (tertiary/aromatic N) is 3. The lowest BCUT2D eigenvalue weighted by molar-refractivity contribution is -0.144. The molecular formula is C18H17N3O4. The van der Waals surface area contributed by atoms with E-state index >= 15 is 0 Å². The maximum atomic E-state index is 11.1. The molecule has 0 fully saturated rings. The Kier molecular flexibility index (Phi) is 4.65. The number of pyridine rings is 1. The predicted octanol–water partition coefficient (Wildman–Crippen LogP) is 2.79. The maximum absolute atomic E-state index is 11.1. The molecule has 2 aromatic heterocycles. The third-order valence-corrected chi connectivity index (χ3v) is 3.62. The van der Waals surface area contributed by atoms with E-state index in [-0.39, 0.29) is 0 Å². The zero-order chi connectivity index (χ0) is 17.8. The molecule has 0 amide bonds. The van der Waals surface area contributed by atoms with Gasteiger partial charge in [0.2, 0.25) is 5.88 Å². The van der Waals surface area contributed by atoms with E-state index in [2.05, 4.69) is 9.97 Å². The van der Waals surface area contributed by atoms with Crippen molar-refractivity contribution in [2.24, 2.45) is 0 Å². The SMILES string of the molecule is COc1ncccc1-n1ccnc1-c1ccccc1O[C@@H](C)C(=O)O. The molecule has 0 aliphatic heterocycles. The van der Waals surface area contributed by atoms with Crippen molar-refractivity contribution in [2.75, 3.05) is 7.11 Å². The van der Waals surface area contributed by atoms with E-state index in [1.54, 1.807) is 43.9 Å². The van der Waals surface area contributed by atoms with E-state index in [9.17, 15) is 4.79 Å². The van der Waals surface area contributed by atoms with Gasteiger partial charge in [0.25, 0.3) is 0 Å². The number of benzene rings is 1. The van der Waals surface area contributed by atoms with Crippen molar-refractivity contribution in [3.8, 4) is 28.7 Å². The van der Waals surface area contributed by atoms with Gasteiger partial charge in [0, 0.05) is 18.6 Å². The van der Waals surface area contributed by atoms with Crippen LogP contribution in [0, 0.1) is 0 Å². The number of carboxylic acid groups (broad SMARTS) is 1. The van der Waals surface area contributed by atoms with Crippen molar-refractivity contribution in [2.45, 2.75) is 13.0 Å². The molecule has 0 saturated carbocycles. The summed E-state index contributed by atoms with van der Waals surface area (Å²) in [4.78, 5) is 19.7. The maximum Gasteiger partial charge on any atom is 0.344 e. The van der Waals surface area contributed by atoms with E-state index in [0.717, 1.165) is 5.69 Å². The molecule has 1 N–H and O–H groups in total. The normalized spacial score (nSPS) is 11.8. The summed E-state index contributed by atoms with van der Waals surface area (Å²) >= 11 is 0. The molecule has 128 valence electrons. The lowest BCUT2D eigenvalue weighted by Crippen LogP contribution is -2.23. The van der Waals surface area contributed by atoms with Crippen molar-refractivity contribution in [3.63, 3.8) is 0 Å². The highest BCUT2D eigenvalue weighted by atomic mass is 16.5. The zero-order valence-corrected chi connectivity index (χ0v) is 13.8. The van der Waals surface area contributed by atoms with Gasteiger partial charge >= 0.3 is 5.97 Å². The molecule has 3 aromatic rings.